The van der Waals surface area contributed by atoms with Crippen molar-refractivity contribution in [1.82, 2.24) is 0 Å². The molecule has 2 aromatic rings. The average molecular weight is 359 g/mol. The van der Waals surface area contributed by atoms with Crippen molar-refractivity contribution in [3.63, 3.8) is 0 Å². The Morgan fingerprint density at radius 1 is 1.30 bits per heavy atom. The Morgan fingerprint density at radius 3 is 2.70 bits per heavy atom. The van der Waals surface area contributed by atoms with Crippen LogP contribution in [0.4, 0.5) is 4.39 Å². The molecule has 5 heteroatoms. The molecule has 1 atom stereocenters. The van der Waals surface area contributed by atoms with Crippen molar-refractivity contribution >= 4 is 27.5 Å². The largest absolute Gasteiger partial charge is 0.456 e. The van der Waals surface area contributed by atoms with Gasteiger partial charge in [-0.25, -0.2) is 4.39 Å². The van der Waals surface area contributed by atoms with Crippen LogP contribution in [0.2, 0.25) is 5.02 Å². The molecule has 0 radical (unpaired) electrons. The summed E-state index contributed by atoms with van der Waals surface area (Å²) in [4.78, 5) is 0. The predicted octanol–water partition coefficient (Wildman–Crippen LogP) is 5.44. The lowest BCUT2D eigenvalue weighted by atomic mass is 10.0. The molecule has 0 saturated carbocycles. The lowest BCUT2D eigenvalue weighted by Crippen LogP contribution is -2.09. The number of hydrogen-bond acceptors (Lipinski definition) is 2. The number of para-hydroxylation sites is 1. The maximum atomic E-state index is 13.5. The number of ether oxygens (including phenoxy) is 1. The van der Waals surface area contributed by atoms with E-state index in [1.165, 1.54) is 12.1 Å². The van der Waals surface area contributed by atoms with E-state index in [2.05, 4.69) is 15.9 Å². The van der Waals surface area contributed by atoms with Crippen LogP contribution in [0.15, 0.2) is 40.9 Å². The first-order valence-electron chi connectivity index (χ1n) is 6.19. The van der Waals surface area contributed by atoms with Crippen LogP contribution >= 0.6 is 27.5 Å². The van der Waals surface area contributed by atoms with Crippen molar-refractivity contribution in [3.8, 4) is 11.5 Å². The number of halogens is 3. The van der Waals surface area contributed by atoms with Gasteiger partial charge in [0, 0.05) is 17.7 Å². The van der Waals surface area contributed by atoms with Crippen LogP contribution in [0.3, 0.4) is 0 Å². The van der Waals surface area contributed by atoms with Gasteiger partial charge >= 0.3 is 0 Å². The monoisotopic (exact) mass is 357 g/mol. The topological polar surface area (TPSA) is 35.2 Å². The quantitative estimate of drug-likeness (QED) is 0.738. The Labute approximate surface area is 130 Å². The minimum Gasteiger partial charge on any atom is -0.456 e. The summed E-state index contributed by atoms with van der Waals surface area (Å²) < 4.78 is 19.9. The summed E-state index contributed by atoms with van der Waals surface area (Å²) in [6.45, 7) is 2.00. The van der Waals surface area contributed by atoms with E-state index in [0.29, 0.717) is 16.0 Å². The molecule has 0 aromatic heterocycles. The van der Waals surface area contributed by atoms with Gasteiger partial charge in [-0.05, 0) is 34.5 Å². The predicted molar refractivity (Wildman–Crippen MR) is 82.8 cm³/mol. The molecule has 0 aliphatic carbocycles. The normalized spacial score (nSPS) is 12.2. The summed E-state index contributed by atoms with van der Waals surface area (Å²) >= 11 is 9.02. The Kier molecular flexibility index (Phi) is 5.02. The summed E-state index contributed by atoms with van der Waals surface area (Å²) in [5.74, 6) is 0.453. The second-order valence-corrected chi connectivity index (χ2v) is 5.61. The molecule has 0 unspecified atom stereocenters. The molecule has 0 saturated heterocycles. The van der Waals surface area contributed by atoms with Gasteiger partial charge < -0.3 is 10.5 Å². The zero-order valence-electron chi connectivity index (χ0n) is 10.9. The Hall–Kier alpha value is -1.10. The summed E-state index contributed by atoms with van der Waals surface area (Å²) in [5, 5.41) is 0.0442. The van der Waals surface area contributed by atoms with Crippen molar-refractivity contribution in [2.75, 3.05) is 0 Å². The highest BCUT2D eigenvalue weighted by Gasteiger charge is 2.13. The standard InChI is InChI=1S/C15H14BrClFNO/c1-2-13(19)9-5-3-4-6-14(9)20-15-8-12(18)11(17)7-10(15)16/h3-8,13H,2,19H2,1H3/t13-/m0/s1. The molecule has 2 aromatic carbocycles. The molecule has 106 valence electrons. The van der Waals surface area contributed by atoms with E-state index in [4.69, 9.17) is 22.1 Å². The van der Waals surface area contributed by atoms with Gasteiger partial charge in [0.25, 0.3) is 0 Å². The van der Waals surface area contributed by atoms with Crippen molar-refractivity contribution < 1.29 is 9.13 Å². The second-order valence-electron chi connectivity index (χ2n) is 4.35. The fourth-order valence-electron chi connectivity index (χ4n) is 1.80. The van der Waals surface area contributed by atoms with Crippen LogP contribution in [0.5, 0.6) is 11.5 Å². The molecule has 2 N–H and O–H groups in total. The maximum absolute atomic E-state index is 13.5. The zero-order valence-corrected chi connectivity index (χ0v) is 13.2. The Morgan fingerprint density at radius 2 is 2.00 bits per heavy atom. The maximum Gasteiger partial charge on any atom is 0.145 e. The molecule has 2 nitrogen and oxygen atoms in total. The first-order valence-corrected chi connectivity index (χ1v) is 7.37. The summed E-state index contributed by atoms with van der Waals surface area (Å²) in [7, 11) is 0. The molecular weight excluding hydrogens is 345 g/mol. The lowest BCUT2D eigenvalue weighted by Gasteiger charge is -2.16. The molecule has 0 amide bonds. The van der Waals surface area contributed by atoms with Crippen molar-refractivity contribution in [1.29, 1.82) is 0 Å². The van der Waals surface area contributed by atoms with Gasteiger partial charge in [-0.2, -0.15) is 0 Å². The Bertz CT molecular complexity index is 621. The van der Waals surface area contributed by atoms with Gasteiger partial charge in [0.05, 0.1) is 9.50 Å². The van der Waals surface area contributed by atoms with Crippen LogP contribution in [0.1, 0.15) is 24.9 Å². The van der Waals surface area contributed by atoms with Crippen molar-refractivity contribution in [2.24, 2.45) is 5.73 Å². The van der Waals surface area contributed by atoms with Gasteiger partial charge in [0.15, 0.2) is 0 Å². The third kappa shape index (κ3) is 3.32. The van der Waals surface area contributed by atoms with E-state index < -0.39 is 5.82 Å². The smallest absolute Gasteiger partial charge is 0.145 e. The van der Waals surface area contributed by atoms with Crippen molar-refractivity contribution in [2.45, 2.75) is 19.4 Å². The molecule has 0 fully saturated rings. The molecule has 0 aliphatic heterocycles. The summed E-state index contributed by atoms with van der Waals surface area (Å²) in [6, 6.07) is 10.1. The summed E-state index contributed by atoms with van der Waals surface area (Å²) in [6.07, 6.45) is 0.788. The highest BCUT2D eigenvalue weighted by molar-refractivity contribution is 9.10. The van der Waals surface area contributed by atoms with Gasteiger partial charge in [-0.3, -0.25) is 0 Å². The fraction of sp³-hybridized carbons (Fsp3) is 0.200. The number of nitrogens with two attached hydrogens (primary N) is 1. The van der Waals surface area contributed by atoms with Crippen LogP contribution in [-0.2, 0) is 0 Å². The first kappa shape index (κ1) is 15.3. The van der Waals surface area contributed by atoms with E-state index >= 15 is 0 Å². The number of hydrogen-bond donors (Lipinski definition) is 1. The van der Waals surface area contributed by atoms with E-state index in [9.17, 15) is 4.39 Å². The third-order valence-corrected chi connectivity index (χ3v) is 3.86. The Balaban J connectivity index is 2.38. The molecule has 2 rings (SSSR count). The van der Waals surface area contributed by atoms with Crippen LogP contribution < -0.4 is 10.5 Å². The fourth-order valence-corrected chi connectivity index (χ4v) is 2.52. The third-order valence-electron chi connectivity index (χ3n) is 2.95. The van der Waals surface area contributed by atoms with Gasteiger partial charge in [-0.15, -0.1) is 0 Å². The molecule has 0 bridgehead atoms. The second kappa shape index (κ2) is 6.57. The van der Waals surface area contributed by atoms with E-state index in [-0.39, 0.29) is 11.1 Å². The highest BCUT2D eigenvalue weighted by Crippen LogP contribution is 2.36. The minimum atomic E-state index is -0.526. The lowest BCUT2D eigenvalue weighted by molar-refractivity contribution is 0.461. The number of rotatable bonds is 4. The zero-order chi connectivity index (χ0) is 14.7. The van der Waals surface area contributed by atoms with Gasteiger partial charge in [-0.1, -0.05) is 36.7 Å². The first-order chi connectivity index (χ1) is 9.52. The molecular formula is C15H14BrClFNO. The van der Waals surface area contributed by atoms with Crippen LogP contribution in [0, 0.1) is 5.82 Å². The van der Waals surface area contributed by atoms with Gasteiger partial charge in [0.1, 0.15) is 17.3 Å². The number of benzene rings is 2. The molecule has 0 aliphatic rings. The van der Waals surface area contributed by atoms with E-state index in [1.807, 2.05) is 31.2 Å². The summed E-state index contributed by atoms with van der Waals surface area (Å²) in [5.41, 5.74) is 6.94. The molecule has 0 spiro atoms. The van der Waals surface area contributed by atoms with Gasteiger partial charge in [0.2, 0.25) is 0 Å². The van der Waals surface area contributed by atoms with Crippen LogP contribution in [-0.4, -0.2) is 0 Å². The van der Waals surface area contributed by atoms with Crippen molar-refractivity contribution in [3.05, 3.63) is 57.3 Å². The van der Waals surface area contributed by atoms with E-state index in [0.717, 1.165) is 12.0 Å². The highest BCUT2D eigenvalue weighted by atomic mass is 79.9. The minimum absolute atomic E-state index is 0.0442. The SMILES string of the molecule is CC[C@H](N)c1ccccc1Oc1cc(F)c(Cl)cc1Br. The molecule has 20 heavy (non-hydrogen) atoms. The van der Waals surface area contributed by atoms with Crippen LogP contribution in [0.25, 0.3) is 0 Å². The van der Waals surface area contributed by atoms with E-state index in [1.54, 1.807) is 0 Å². The molecule has 0 heterocycles. The average Bonchev–Trinajstić information content (AvgIpc) is 2.44.